The summed E-state index contributed by atoms with van der Waals surface area (Å²) in [6.07, 6.45) is 0. The lowest BCUT2D eigenvalue weighted by molar-refractivity contribution is 0.0526. The Morgan fingerprint density at radius 2 is 1.72 bits per heavy atom. The SMILES string of the molecule is CCOC(=O)c1cccc(NC(=S)N[C@H](C)c2ccc(OCC)c(OCC)c2)c1. The van der Waals surface area contributed by atoms with Gasteiger partial charge in [-0.1, -0.05) is 12.1 Å². The predicted octanol–water partition coefficient (Wildman–Crippen LogP) is 4.71. The van der Waals surface area contributed by atoms with Crippen molar-refractivity contribution >= 4 is 29.0 Å². The Hall–Kier alpha value is -2.80. The first-order valence-electron chi connectivity index (χ1n) is 9.72. The van der Waals surface area contributed by atoms with Crippen LogP contribution in [0.15, 0.2) is 42.5 Å². The molecule has 0 aliphatic rings. The molecule has 0 spiro atoms. The molecule has 6 nitrogen and oxygen atoms in total. The monoisotopic (exact) mass is 416 g/mol. The first-order valence-corrected chi connectivity index (χ1v) is 10.1. The van der Waals surface area contributed by atoms with Crippen LogP contribution in [0.4, 0.5) is 5.69 Å². The molecule has 0 aliphatic heterocycles. The molecule has 0 aromatic heterocycles. The Morgan fingerprint density at radius 1 is 1.00 bits per heavy atom. The van der Waals surface area contributed by atoms with E-state index < -0.39 is 0 Å². The normalized spacial score (nSPS) is 11.3. The molecular formula is C22H28N2O4S. The number of thiocarbonyl (C=S) groups is 1. The first kappa shape index (κ1) is 22.5. The third kappa shape index (κ3) is 6.64. The fraction of sp³-hybridized carbons (Fsp3) is 0.364. The van der Waals surface area contributed by atoms with E-state index >= 15 is 0 Å². The first-order chi connectivity index (χ1) is 14.0. The van der Waals surface area contributed by atoms with E-state index in [1.54, 1.807) is 25.1 Å². The second-order valence-electron chi connectivity index (χ2n) is 6.19. The van der Waals surface area contributed by atoms with Gasteiger partial charge in [-0.05, 0) is 75.8 Å². The molecule has 29 heavy (non-hydrogen) atoms. The number of carbonyl (C=O) groups is 1. The molecule has 2 rings (SSSR count). The van der Waals surface area contributed by atoms with Crippen LogP contribution in [0.25, 0.3) is 0 Å². The van der Waals surface area contributed by atoms with Gasteiger partial charge in [-0.3, -0.25) is 0 Å². The number of benzene rings is 2. The van der Waals surface area contributed by atoms with E-state index in [1.807, 2.05) is 45.0 Å². The van der Waals surface area contributed by atoms with Crippen molar-refractivity contribution in [2.24, 2.45) is 0 Å². The van der Waals surface area contributed by atoms with Crippen molar-refractivity contribution in [2.45, 2.75) is 33.7 Å². The summed E-state index contributed by atoms with van der Waals surface area (Å²) in [4.78, 5) is 11.9. The van der Waals surface area contributed by atoms with Crippen LogP contribution in [0.3, 0.4) is 0 Å². The van der Waals surface area contributed by atoms with E-state index in [9.17, 15) is 4.79 Å². The van der Waals surface area contributed by atoms with E-state index in [0.717, 1.165) is 11.3 Å². The van der Waals surface area contributed by atoms with Crippen LogP contribution in [0.5, 0.6) is 11.5 Å². The Balaban J connectivity index is 2.04. The molecule has 0 radical (unpaired) electrons. The third-order valence-corrected chi connectivity index (χ3v) is 4.27. The van der Waals surface area contributed by atoms with Crippen LogP contribution in [0, 0.1) is 0 Å². The van der Waals surface area contributed by atoms with Crippen molar-refractivity contribution in [3.05, 3.63) is 53.6 Å². The molecular weight excluding hydrogens is 388 g/mol. The van der Waals surface area contributed by atoms with Crippen molar-refractivity contribution in [1.82, 2.24) is 5.32 Å². The molecule has 0 fully saturated rings. The maximum absolute atomic E-state index is 11.9. The Labute approximate surface area is 177 Å². The Bertz CT molecular complexity index is 841. The second kappa shape index (κ2) is 11.3. The summed E-state index contributed by atoms with van der Waals surface area (Å²) < 4.78 is 16.3. The maximum Gasteiger partial charge on any atom is 0.338 e. The average Bonchev–Trinajstić information content (AvgIpc) is 2.70. The molecule has 0 bridgehead atoms. The smallest absolute Gasteiger partial charge is 0.338 e. The van der Waals surface area contributed by atoms with E-state index in [-0.39, 0.29) is 12.0 Å². The van der Waals surface area contributed by atoms with Crippen LogP contribution in [0.1, 0.15) is 49.7 Å². The quantitative estimate of drug-likeness (QED) is 0.453. The summed E-state index contributed by atoms with van der Waals surface area (Å²) >= 11 is 5.43. The minimum absolute atomic E-state index is 0.0573. The van der Waals surface area contributed by atoms with Crippen molar-refractivity contribution in [1.29, 1.82) is 0 Å². The van der Waals surface area contributed by atoms with Gasteiger partial charge in [0.1, 0.15) is 0 Å². The number of rotatable bonds is 9. The van der Waals surface area contributed by atoms with E-state index in [4.69, 9.17) is 26.4 Å². The number of nitrogens with one attached hydrogen (secondary N) is 2. The Kier molecular flexibility index (Phi) is 8.73. The van der Waals surface area contributed by atoms with Gasteiger partial charge in [0.25, 0.3) is 0 Å². The second-order valence-corrected chi connectivity index (χ2v) is 6.60. The number of ether oxygens (including phenoxy) is 3. The third-order valence-electron chi connectivity index (χ3n) is 4.05. The van der Waals surface area contributed by atoms with Gasteiger partial charge in [0.15, 0.2) is 16.6 Å². The van der Waals surface area contributed by atoms with Gasteiger partial charge in [0.2, 0.25) is 0 Å². The van der Waals surface area contributed by atoms with Crippen LogP contribution in [-0.2, 0) is 4.74 Å². The molecule has 0 amide bonds. The van der Waals surface area contributed by atoms with Crippen molar-refractivity contribution in [2.75, 3.05) is 25.1 Å². The highest BCUT2D eigenvalue weighted by atomic mass is 32.1. The highest BCUT2D eigenvalue weighted by molar-refractivity contribution is 7.80. The van der Waals surface area contributed by atoms with Crippen LogP contribution in [-0.4, -0.2) is 30.9 Å². The molecule has 2 N–H and O–H groups in total. The fourth-order valence-corrected chi connectivity index (χ4v) is 3.02. The molecule has 0 saturated heterocycles. The molecule has 2 aromatic carbocycles. The Morgan fingerprint density at radius 3 is 2.41 bits per heavy atom. The average molecular weight is 417 g/mol. The highest BCUT2D eigenvalue weighted by Crippen LogP contribution is 2.30. The zero-order valence-corrected chi connectivity index (χ0v) is 18.1. The zero-order valence-electron chi connectivity index (χ0n) is 17.3. The van der Waals surface area contributed by atoms with Gasteiger partial charge in [-0.15, -0.1) is 0 Å². The molecule has 1 atom stereocenters. The van der Waals surface area contributed by atoms with Gasteiger partial charge < -0.3 is 24.8 Å². The number of anilines is 1. The number of hydrogen-bond donors (Lipinski definition) is 2. The summed E-state index contributed by atoms with van der Waals surface area (Å²) in [6.45, 7) is 9.13. The summed E-state index contributed by atoms with van der Waals surface area (Å²) in [5, 5.41) is 6.80. The topological polar surface area (TPSA) is 68.8 Å². The molecule has 0 aliphatic carbocycles. The van der Waals surface area contributed by atoms with Gasteiger partial charge in [0.05, 0.1) is 31.4 Å². The molecule has 156 valence electrons. The summed E-state index contributed by atoms with van der Waals surface area (Å²) in [7, 11) is 0. The maximum atomic E-state index is 11.9. The molecule has 0 saturated carbocycles. The van der Waals surface area contributed by atoms with Crippen LogP contribution in [0.2, 0.25) is 0 Å². The van der Waals surface area contributed by atoms with Crippen molar-refractivity contribution < 1.29 is 19.0 Å². The molecule has 2 aromatic rings. The van der Waals surface area contributed by atoms with Gasteiger partial charge in [-0.25, -0.2) is 4.79 Å². The van der Waals surface area contributed by atoms with E-state index in [1.165, 1.54) is 0 Å². The molecule has 0 unspecified atom stereocenters. The standard InChI is InChI=1S/C22H28N2O4S/c1-5-26-19-12-11-16(14-20(19)27-6-2)15(4)23-22(29)24-18-10-8-9-17(13-18)21(25)28-7-3/h8-15H,5-7H2,1-4H3,(H2,23,24,29)/t15-/m1/s1. The zero-order chi connectivity index (χ0) is 21.2. The fourth-order valence-electron chi connectivity index (χ4n) is 2.72. The lowest BCUT2D eigenvalue weighted by Gasteiger charge is -2.19. The minimum Gasteiger partial charge on any atom is -0.490 e. The summed E-state index contributed by atoms with van der Waals surface area (Å²) in [6, 6.07) is 12.8. The summed E-state index contributed by atoms with van der Waals surface area (Å²) in [5.41, 5.74) is 2.20. The van der Waals surface area contributed by atoms with Crippen molar-refractivity contribution in [3.8, 4) is 11.5 Å². The largest absolute Gasteiger partial charge is 0.490 e. The number of hydrogen-bond acceptors (Lipinski definition) is 5. The lowest BCUT2D eigenvalue weighted by atomic mass is 10.1. The number of carbonyl (C=O) groups excluding carboxylic acids is 1. The lowest BCUT2D eigenvalue weighted by Crippen LogP contribution is -2.31. The summed E-state index contributed by atoms with van der Waals surface area (Å²) in [5.74, 6) is 1.07. The van der Waals surface area contributed by atoms with Gasteiger partial charge in [0, 0.05) is 5.69 Å². The van der Waals surface area contributed by atoms with Crippen molar-refractivity contribution in [3.63, 3.8) is 0 Å². The number of esters is 1. The molecule has 0 heterocycles. The molecule has 7 heteroatoms. The van der Waals surface area contributed by atoms with Crippen LogP contribution >= 0.6 is 12.2 Å². The van der Waals surface area contributed by atoms with E-state index in [0.29, 0.717) is 41.9 Å². The predicted molar refractivity (Wildman–Crippen MR) is 119 cm³/mol. The van der Waals surface area contributed by atoms with Crippen LogP contribution < -0.4 is 20.1 Å². The minimum atomic E-state index is -0.360. The van der Waals surface area contributed by atoms with Gasteiger partial charge in [-0.2, -0.15) is 0 Å². The van der Waals surface area contributed by atoms with E-state index in [2.05, 4.69) is 10.6 Å². The highest BCUT2D eigenvalue weighted by Gasteiger charge is 2.13. The van der Waals surface area contributed by atoms with Gasteiger partial charge >= 0.3 is 5.97 Å².